The van der Waals surface area contributed by atoms with E-state index in [1.54, 1.807) is 20.8 Å². The number of halogens is 1. The summed E-state index contributed by atoms with van der Waals surface area (Å²) in [6, 6.07) is -0.633. The first kappa shape index (κ1) is 13.7. The van der Waals surface area contributed by atoms with E-state index in [2.05, 4.69) is 21.2 Å². The van der Waals surface area contributed by atoms with Crippen LogP contribution in [-0.2, 0) is 14.3 Å². The molecule has 1 N–H and O–H groups in total. The summed E-state index contributed by atoms with van der Waals surface area (Å²) in [6.07, 6.45) is 0. The molecule has 3 amide bonds. The van der Waals surface area contributed by atoms with Crippen molar-refractivity contribution in [3.8, 4) is 0 Å². The van der Waals surface area contributed by atoms with Gasteiger partial charge in [-0.15, -0.1) is 0 Å². The van der Waals surface area contributed by atoms with E-state index in [0.29, 0.717) is 0 Å². The molecule has 7 heteroatoms. The van der Waals surface area contributed by atoms with E-state index in [9.17, 15) is 14.4 Å². The minimum Gasteiger partial charge on any atom is -0.459 e. The van der Waals surface area contributed by atoms with Crippen LogP contribution in [0.4, 0.5) is 4.79 Å². The van der Waals surface area contributed by atoms with Crippen molar-refractivity contribution in [3.63, 3.8) is 0 Å². The van der Waals surface area contributed by atoms with E-state index in [4.69, 9.17) is 4.74 Å². The van der Waals surface area contributed by atoms with Crippen LogP contribution in [0.2, 0.25) is 0 Å². The van der Waals surface area contributed by atoms with E-state index >= 15 is 0 Å². The van der Waals surface area contributed by atoms with Crippen molar-refractivity contribution in [2.45, 2.75) is 26.4 Å². The van der Waals surface area contributed by atoms with Crippen molar-refractivity contribution in [2.75, 3.05) is 6.54 Å². The van der Waals surface area contributed by atoms with Gasteiger partial charge < -0.3 is 10.1 Å². The number of nitrogens with one attached hydrogen (secondary N) is 1. The molecule has 1 rings (SSSR count). The van der Waals surface area contributed by atoms with Crippen LogP contribution in [-0.4, -0.2) is 35.0 Å². The summed E-state index contributed by atoms with van der Waals surface area (Å²) in [5.41, 5.74) is -0.553. The maximum Gasteiger partial charge on any atom is 0.329 e. The molecule has 0 aromatic rings. The Morgan fingerprint density at radius 3 is 2.47 bits per heavy atom. The number of imide groups is 1. The standard InChI is InChI=1S/C10H13BrN2O4/c1-10(2,3)17-7(14)5-13-8(15)6(4-11)12-9(13)16/h4H,5H2,1-3H3,(H,12,16)/b6-4-. The molecule has 0 radical (unpaired) electrons. The summed E-state index contributed by atoms with van der Waals surface area (Å²) in [5, 5.41) is 2.32. The van der Waals surface area contributed by atoms with Crippen molar-refractivity contribution in [3.05, 3.63) is 10.7 Å². The normalized spacial score (nSPS) is 18.6. The maximum atomic E-state index is 11.6. The number of nitrogens with zero attached hydrogens (tertiary/aromatic N) is 1. The second-order valence-corrected chi connectivity index (χ2v) is 4.89. The van der Waals surface area contributed by atoms with Crippen LogP contribution in [0.15, 0.2) is 10.7 Å². The van der Waals surface area contributed by atoms with Gasteiger partial charge in [0.05, 0.1) is 0 Å². The molecule has 0 aliphatic carbocycles. The van der Waals surface area contributed by atoms with Crippen molar-refractivity contribution in [1.82, 2.24) is 10.2 Å². The molecule has 1 aliphatic heterocycles. The number of urea groups is 1. The Hall–Kier alpha value is -1.37. The zero-order chi connectivity index (χ0) is 13.2. The van der Waals surface area contributed by atoms with Crippen LogP contribution in [0.1, 0.15) is 20.8 Å². The highest BCUT2D eigenvalue weighted by atomic mass is 79.9. The molecule has 1 heterocycles. The van der Waals surface area contributed by atoms with Crippen LogP contribution >= 0.6 is 15.9 Å². The summed E-state index contributed by atoms with van der Waals surface area (Å²) in [5.74, 6) is -1.19. The maximum absolute atomic E-state index is 11.6. The summed E-state index contributed by atoms with van der Waals surface area (Å²) in [7, 11) is 0. The summed E-state index contributed by atoms with van der Waals surface area (Å²) >= 11 is 2.95. The van der Waals surface area contributed by atoms with E-state index in [-0.39, 0.29) is 5.70 Å². The first-order valence-corrected chi connectivity index (χ1v) is 5.81. The van der Waals surface area contributed by atoms with E-state index < -0.39 is 30.1 Å². The Morgan fingerprint density at radius 2 is 2.06 bits per heavy atom. The molecule has 1 saturated heterocycles. The second-order valence-electron chi connectivity index (χ2n) is 4.43. The van der Waals surface area contributed by atoms with Crippen molar-refractivity contribution >= 4 is 33.8 Å². The fourth-order valence-corrected chi connectivity index (χ4v) is 1.50. The fourth-order valence-electron chi connectivity index (χ4n) is 1.19. The van der Waals surface area contributed by atoms with Gasteiger partial charge in [0.1, 0.15) is 17.8 Å². The zero-order valence-corrected chi connectivity index (χ0v) is 11.3. The Bertz CT molecular complexity index is 398. The third-order valence-corrected chi connectivity index (χ3v) is 2.24. The van der Waals surface area contributed by atoms with Gasteiger partial charge in [-0.1, -0.05) is 15.9 Å². The third-order valence-electron chi connectivity index (χ3n) is 1.78. The van der Waals surface area contributed by atoms with Crippen molar-refractivity contribution in [2.24, 2.45) is 0 Å². The van der Waals surface area contributed by atoms with Crippen LogP contribution < -0.4 is 5.32 Å². The lowest BCUT2D eigenvalue weighted by molar-refractivity contribution is -0.156. The van der Waals surface area contributed by atoms with Crippen molar-refractivity contribution in [1.29, 1.82) is 0 Å². The van der Waals surface area contributed by atoms with E-state index in [1.165, 1.54) is 4.99 Å². The monoisotopic (exact) mass is 304 g/mol. The molecule has 0 atom stereocenters. The number of hydrogen-bond donors (Lipinski definition) is 1. The Balaban J connectivity index is 2.67. The van der Waals surface area contributed by atoms with Gasteiger partial charge in [0.25, 0.3) is 5.91 Å². The highest BCUT2D eigenvalue weighted by Gasteiger charge is 2.35. The lowest BCUT2D eigenvalue weighted by Crippen LogP contribution is -2.38. The number of ether oxygens (including phenoxy) is 1. The zero-order valence-electron chi connectivity index (χ0n) is 9.74. The fraction of sp³-hybridized carbons (Fsp3) is 0.500. The van der Waals surface area contributed by atoms with E-state index in [1.807, 2.05) is 0 Å². The molecule has 0 bridgehead atoms. The van der Waals surface area contributed by atoms with Gasteiger partial charge in [0.2, 0.25) is 0 Å². The Labute approximate surface area is 107 Å². The minimum atomic E-state index is -0.648. The number of carbonyl (C=O) groups is 3. The van der Waals surface area contributed by atoms with Gasteiger partial charge in [-0.25, -0.2) is 9.69 Å². The second kappa shape index (κ2) is 4.87. The van der Waals surface area contributed by atoms with Gasteiger partial charge in [-0.3, -0.25) is 9.59 Å². The molecule has 0 aromatic heterocycles. The lowest BCUT2D eigenvalue weighted by Gasteiger charge is -2.21. The molecule has 0 aromatic carbocycles. The van der Waals surface area contributed by atoms with Crippen molar-refractivity contribution < 1.29 is 19.1 Å². The predicted molar refractivity (Wildman–Crippen MR) is 63.1 cm³/mol. The molecule has 94 valence electrons. The molecule has 0 unspecified atom stereocenters. The molecular formula is C10H13BrN2O4. The van der Waals surface area contributed by atoms with Gasteiger partial charge >= 0.3 is 12.0 Å². The summed E-state index contributed by atoms with van der Waals surface area (Å²) in [4.78, 5) is 36.5. The molecule has 1 aliphatic rings. The van der Waals surface area contributed by atoms with Crippen LogP contribution in [0.3, 0.4) is 0 Å². The van der Waals surface area contributed by atoms with Crippen LogP contribution in [0, 0.1) is 0 Å². The van der Waals surface area contributed by atoms with Gasteiger partial charge in [0.15, 0.2) is 0 Å². The molecule has 6 nitrogen and oxygen atoms in total. The molecular weight excluding hydrogens is 292 g/mol. The molecule has 17 heavy (non-hydrogen) atoms. The summed E-state index contributed by atoms with van der Waals surface area (Å²) < 4.78 is 5.02. The van der Waals surface area contributed by atoms with Gasteiger partial charge in [-0.05, 0) is 20.8 Å². The topological polar surface area (TPSA) is 75.7 Å². The average Bonchev–Trinajstić information content (AvgIpc) is 2.42. The number of esters is 1. The Kier molecular flexibility index (Phi) is 3.92. The first-order chi connectivity index (χ1) is 7.74. The van der Waals surface area contributed by atoms with Crippen LogP contribution in [0.25, 0.3) is 0 Å². The van der Waals surface area contributed by atoms with Gasteiger partial charge in [0, 0.05) is 4.99 Å². The minimum absolute atomic E-state index is 0.0959. The highest BCUT2D eigenvalue weighted by molar-refractivity contribution is 9.11. The largest absolute Gasteiger partial charge is 0.459 e. The molecule has 0 spiro atoms. The summed E-state index contributed by atoms with van der Waals surface area (Å²) in [6.45, 7) is 4.73. The Morgan fingerprint density at radius 1 is 1.47 bits per heavy atom. The SMILES string of the molecule is CC(C)(C)OC(=O)CN1C(=O)N/C(=C\Br)C1=O. The first-order valence-electron chi connectivity index (χ1n) is 4.89. The number of amides is 3. The number of rotatable bonds is 2. The number of hydrogen-bond acceptors (Lipinski definition) is 4. The quantitative estimate of drug-likeness (QED) is 0.471. The number of carbonyl (C=O) groups excluding carboxylic acids is 3. The third kappa shape index (κ3) is 3.55. The molecule has 1 fully saturated rings. The average molecular weight is 305 g/mol. The van der Waals surface area contributed by atoms with Crippen LogP contribution in [0.5, 0.6) is 0 Å². The molecule has 0 saturated carbocycles. The lowest BCUT2D eigenvalue weighted by atomic mass is 10.2. The smallest absolute Gasteiger partial charge is 0.329 e. The highest BCUT2D eigenvalue weighted by Crippen LogP contribution is 2.13. The van der Waals surface area contributed by atoms with E-state index in [0.717, 1.165) is 4.90 Å². The van der Waals surface area contributed by atoms with Gasteiger partial charge in [-0.2, -0.15) is 0 Å². The predicted octanol–water partition coefficient (Wildman–Crippen LogP) is 1.12.